The quantitative estimate of drug-likeness (QED) is 0.755. The van der Waals surface area contributed by atoms with E-state index in [1.165, 1.54) is 16.9 Å². The first-order valence-corrected chi connectivity index (χ1v) is 9.10. The van der Waals surface area contributed by atoms with Crippen LogP contribution < -0.4 is 16.2 Å². The highest BCUT2D eigenvalue weighted by molar-refractivity contribution is 7.13. The van der Waals surface area contributed by atoms with E-state index in [1.807, 2.05) is 23.6 Å². The Morgan fingerprint density at radius 3 is 2.92 bits per heavy atom. The molecule has 2 saturated heterocycles. The Balaban J connectivity index is 1.51. The molecule has 2 fully saturated rings. The zero-order valence-corrected chi connectivity index (χ0v) is 14.3. The van der Waals surface area contributed by atoms with Gasteiger partial charge >= 0.3 is 0 Å². The summed E-state index contributed by atoms with van der Waals surface area (Å²) in [5.41, 5.74) is 6.85. The highest BCUT2D eigenvalue weighted by atomic mass is 32.1. The summed E-state index contributed by atoms with van der Waals surface area (Å²) in [6.45, 7) is 1.95. The third kappa shape index (κ3) is 3.41. The number of amides is 2. The molecule has 0 saturated carbocycles. The molecule has 8 heteroatoms. The van der Waals surface area contributed by atoms with E-state index in [4.69, 9.17) is 0 Å². The number of carbonyl (C=O) groups is 2. The van der Waals surface area contributed by atoms with Crippen molar-refractivity contribution in [3.05, 3.63) is 47.5 Å². The number of hydrazine groups is 1. The predicted molar refractivity (Wildman–Crippen MR) is 94.5 cm³/mol. The summed E-state index contributed by atoms with van der Waals surface area (Å²) in [6, 6.07) is 9.90. The van der Waals surface area contributed by atoms with E-state index < -0.39 is 0 Å². The average molecular weight is 357 g/mol. The zero-order chi connectivity index (χ0) is 17.2. The summed E-state index contributed by atoms with van der Waals surface area (Å²) in [4.78, 5) is 31.2. The first-order valence-electron chi connectivity index (χ1n) is 8.23. The average Bonchev–Trinajstić information content (AvgIpc) is 3.26. The van der Waals surface area contributed by atoms with Crippen molar-refractivity contribution in [3.8, 4) is 0 Å². The van der Waals surface area contributed by atoms with E-state index in [0.717, 1.165) is 6.54 Å². The van der Waals surface area contributed by atoms with Gasteiger partial charge in [-0.15, -0.1) is 11.3 Å². The van der Waals surface area contributed by atoms with Gasteiger partial charge in [0.25, 0.3) is 0 Å². The first-order chi connectivity index (χ1) is 12.2. The Hall–Kier alpha value is -2.29. The molecule has 2 aromatic rings. The molecule has 2 amide bonds. The van der Waals surface area contributed by atoms with Crippen LogP contribution in [0.3, 0.4) is 0 Å². The fourth-order valence-electron chi connectivity index (χ4n) is 3.53. The third-order valence-electron chi connectivity index (χ3n) is 4.72. The summed E-state index contributed by atoms with van der Waals surface area (Å²) in [5.74, 6) is -0.712. The number of thiazole rings is 1. The standard InChI is InChI=1S/C17H19N5O2S/c23-15(19-17-18-6-7-25-17)12-9-22(8-11-4-2-1-3-5-11)10-13-14(12)20-21-16(13)24/h1-7,12-14,20H,8-10H2,(H,21,24)(H,18,19,23). The van der Waals surface area contributed by atoms with Crippen molar-refractivity contribution in [2.24, 2.45) is 11.8 Å². The number of rotatable bonds is 4. The van der Waals surface area contributed by atoms with Crippen LogP contribution in [0.15, 0.2) is 41.9 Å². The second-order valence-corrected chi connectivity index (χ2v) is 7.27. The number of piperidine rings is 1. The Morgan fingerprint density at radius 2 is 2.16 bits per heavy atom. The van der Waals surface area contributed by atoms with Crippen molar-refractivity contribution >= 4 is 28.3 Å². The number of likely N-dealkylation sites (tertiary alicyclic amines) is 1. The molecule has 3 unspecified atom stereocenters. The molecule has 0 radical (unpaired) electrons. The summed E-state index contributed by atoms with van der Waals surface area (Å²) < 4.78 is 0. The van der Waals surface area contributed by atoms with Gasteiger partial charge in [0.2, 0.25) is 11.8 Å². The molecule has 1 aromatic carbocycles. The maximum atomic E-state index is 12.8. The number of hydrogen-bond donors (Lipinski definition) is 3. The molecule has 2 aliphatic heterocycles. The molecule has 0 spiro atoms. The van der Waals surface area contributed by atoms with E-state index in [9.17, 15) is 9.59 Å². The monoisotopic (exact) mass is 357 g/mol. The van der Waals surface area contributed by atoms with Crippen LogP contribution in [0.2, 0.25) is 0 Å². The van der Waals surface area contributed by atoms with Crippen molar-refractivity contribution in [2.45, 2.75) is 12.6 Å². The highest BCUT2D eigenvalue weighted by Gasteiger charge is 2.47. The fraction of sp³-hybridized carbons (Fsp3) is 0.353. The van der Waals surface area contributed by atoms with Crippen molar-refractivity contribution in [1.82, 2.24) is 20.7 Å². The fourth-order valence-corrected chi connectivity index (χ4v) is 4.06. The van der Waals surface area contributed by atoms with E-state index in [-0.39, 0.29) is 29.7 Å². The molecule has 2 aliphatic rings. The Bertz CT molecular complexity index is 752. The lowest BCUT2D eigenvalue weighted by Crippen LogP contribution is -2.55. The van der Waals surface area contributed by atoms with Gasteiger partial charge in [0.1, 0.15) is 0 Å². The predicted octanol–water partition coefficient (Wildman–Crippen LogP) is 0.833. The SMILES string of the molecule is O=C1NNC2C1CN(Cc1ccccc1)CC2C(=O)Nc1nccs1. The Morgan fingerprint density at radius 1 is 1.32 bits per heavy atom. The van der Waals surface area contributed by atoms with Crippen molar-refractivity contribution < 1.29 is 9.59 Å². The summed E-state index contributed by atoms with van der Waals surface area (Å²) in [5, 5.41) is 5.27. The minimum atomic E-state index is -0.328. The summed E-state index contributed by atoms with van der Waals surface area (Å²) in [6.07, 6.45) is 1.66. The molecule has 7 nitrogen and oxygen atoms in total. The van der Waals surface area contributed by atoms with Crippen LogP contribution in [0.25, 0.3) is 0 Å². The molecule has 0 aliphatic carbocycles. The highest BCUT2D eigenvalue weighted by Crippen LogP contribution is 2.28. The van der Waals surface area contributed by atoms with Gasteiger partial charge in [0.15, 0.2) is 5.13 Å². The molecule has 3 heterocycles. The molecule has 25 heavy (non-hydrogen) atoms. The summed E-state index contributed by atoms with van der Waals surface area (Å²) in [7, 11) is 0. The van der Waals surface area contributed by atoms with Crippen LogP contribution in [0.5, 0.6) is 0 Å². The lowest BCUT2D eigenvalue weighted by atomic mass is 9.84. The molecule has 0 bridgehead atoms. The number of aromatic nitrogens is 1. The van der Waals surface area contributed by atoms with Crippen LogP contribution >= 0.6 is 11.3 Å². The molecule has 1 aromatic heterocycles. The van der Waals surface area contributed by atoms with Crippen LogP contribution in [0, 0.1) is 11.8 Å². The van der Waals surface area contributed by atoms with E-state index in [2.05, 4.69) is 38.2 Å². The number of hydrogen-bond acceptors (Lipinski definition) is 6. The van der Waals surface area contributed by atoms with Crippen molar-refractivity contribution in [3.63, 3.8) is 0 Å². The maximum absolute atomic E-state index is 12.8. The minimum Gasteiger partial charge on any atom is -0.302 e. The van der Waals surface area contributed by atoms with Crippen LogP contribution in [0.1, 0.15) is 5.56 Å². The Labute approximate surface area is 149 Å². The lowest BCUT2D eigenvalue weighted by Gasteiger charge is -2.38. The topological polar surface area (TPSA) is 86.4 Å². The second-order valence-electron chi connectivity index (χ2n) is 6.38. The molecular weight excluding hydrogens is 338 g/mol. The molecular formula is C17H19N5O2S. The van der Waals surface area contributed by atoms with Gasteiger partial charge in [-0.2, -0.15) is 0 Å². The van der Waals surface area contributed by atoms with Crippen LogP contribution in [-0.4, -0.2) is 40.8 Å². The van der Waals surface area contributed by atoms with Gasteiger partial charge in [0.05, 0.1) is 17.9 Å². The van der Waals surface area contributed by atoms with E-state index in [1.54, 1.807) is 6.20 Å². The first kappa shape index (κ1) is 16.2. The Kier molecular flexibility index (Phi) is 4.48. The third-order valence-corrected chi connectivity index (χ3v) is 5.41. The van der Waals surface area contributed by atoms with Crippen molar-refractivity contribution in [2.75, 3.05) is 18.4 Å². The number of fused-ring (bicyclic) bond motifs is 1. The van der Waals surface area contributed by atoms with E-state index >= 15 is 0 Å². The molecule has 3 atom stereocenters. The smallest absolute Gasteiger partial charge is 0.240 e. The maximum Gasteiger partial charge on any atom is 0.240 e. The normalized spacial score (nSPS) is 26.1. The second kappa shape index (κ2) is 6.91. The van der Waals surface area contributed by atoms with Gasteiger partial charge in [-0.05, 0) is 5.56 Å². The minimum absolute atomic E-state index is 0.0465. The molecule has 3 N–H and O–H groups in total. The van der Waals surface area contributed by atoms with Crippen molar-refractivity contribution in [1.29, 1.82) is 0 Å². The number of benzene rings is 1. The van der Waals surface area contributed by atoms with Crippen LogP contribution in [0.4, 0.5) is 5.13 Å². The molecule has 130 valence electrons. The number of carbonyl (C=O) groups excluding carboxylic acids is 2. The lowest BCUT2D eigenvalue weighted by molar-refractivity contribution is -0.127. The van der Waals surface area contributed by atoms with Gasteiger partial charge in [0, 0.05) is 31.2 Å². The number of anilines is 1. The van der Waals surface area contributed by atoms with Crippen LogP contribution in [-0.2, 0) is 16.1 Å². The number of nitrogens with one attached hydrogen (secondary N) is 3. The van der Waals surface area contributed by atoms with Gasteiger partial charge in [-0.1, -0.05) is 30.3 Å². The largest absolute Gasteiger partial charge is 0.302 e. The van der Waals surface area contributed by atoms with Gasteiger partial charge < -0.3 is 5.32 Å². The van der Waals surface area contributed by atoms with E-state index in [0.29, 0.717) is 18.2 Å². The van der Waals surface area contributed by atoms with Gasteiger partial charge in [-0.25, -0.2) is 10.4 Å². The zero-order valence-electron chi connectivity index (χ0n) is 13.5. The van der Waals surface area contributed by atoms with Gasteiger partial charge in [-0.3, -0.25) is 19.9 Å². The summed E-state index contributed by atoms with van der Waals surface area (Å²) >= 11 is 1.38. The number of nitrogens with zero attached hydrogens (tertiary/aromatic N) is 2. The molecule has 4 rings (SSSR count).